The molecule has 0 saturated carbocycles. The molecule has 1 aliphatic carbocycles. The average Bonchev–Trinajstić information content (AvgIpc) is 3.24. The van der Waals surface area contributed by atoms with Crippen molar-refractivity contribution >= 4 is 49.4 Å². The Hall–Kier alpha value is -4.88. The van der Waals surface area contributed by atoms with Gasteiger partial charge in [0.15, 0.2) is 0 Å². The maximum absolute atomic E-state index is 2.46. The van der Waals surface area contributed by atoms with Crippen LogP contribution in [0, 0.1) is 6.92 Å². The summed E-state index contributed by atoms with van der Waals surface area (Å²) in [5.74, 6) is 0. The molecule has 41 heavy (non-hydrogen) atoms. The van der Waals surface area contributed by atoms with Crippen molar-refractivity contribution in [3.63, 3.8) is 0 Å². The quantitative estimate of drug-likeness (QED) is 0.207. The Morgan fingerprint density at radius 3 is 1.90 bits per heavy atom. The Morgan fingerprint density at radius 2 is 1.15 bits per heavy atom. The van der Waals surface area contributed by atoms with E-state index in [4.69, 9.17) is 0 Å². The van der Waals surface area contributed by atoms with Crippen LogP contribution in [-0.4, -0.2) is 0 Å². The van der Waals surface area contributed by atoms with Crippen molar-refractivity contribution < 1.29 is 0 Å². The molecule has 7 aromatic carbocycles. The van der Waals surface area contributed by atoms with Gasteiger partial charge >= 0.3 is 0 Å². The molecule has 1 aliphatic rings. The molecule has 8 rings (SSSR count). The summed E-state index contributed by atoms with van der Waals surface area (Å²) in [5, 5.41) is 7.92. The van der Waals surface area contributed by atoms with Crippen molar-refractivity contribution in [2.75, 3.05) is 4.90 Å². The number of para-hydroxylation sites is 2. The molecular formula is C40H31N. The van der Waals surface area contributed by atoms with Crippen molar-refractivity contribution in [3.05, 3.63) is 150 Å². The van der Waals surface area contributed by atoms with E-state index in [-0.39, 0.29) is 5.41 Å². The van der Waals surface area contributed by atoms with E-state index in [9.17, 15) is 0 Å². The van der Waals surface area contributed by atoms with Gasteiger partial charge in [0.2, 0.25) is 0 Å². The van der Waals surface area contributed by atoms with Crippen molar-refractivity contribution in [3.8, 4) is 11.1 Å². The Kier molecular flexibility index (Phi) is 5.15. The standard InChI is InChI=1S/C40H31N/c1-26-13-7-12-20-37(26)41(29-14-5-4-6-15-29)30-22-21-27-24-35-36(25-28(27)23-30)40(2,3)39-34-19-11-9-17-32(34)31-16-8-10-18-33(31)38(35)39/h4-25H,1-3H3. The predicted octanol–water partition coefficient (Wildman–Crippen LogP) is 11.2. The highest BCUT2D eigenvalue weighted by Crippen LogP contribution is 2.55. The molecule has 0 spiro atoms. The van der Waals surface area contributed by atoms with Crippen LogP contribution < -0.4 is 4.90 Å². The van der Waals surface area contributed by atoms with E-state index in [0.29, 0.717) is 0 Å². The molecule has 0 bridgehead atoms. The molecule has 0 aliphatic heterocycles. The molecule has 0 radical (unpaired) electrons. The van der Waals surface area contributed by atoms with Gasteiger partial charge in [0.1, 0.15) is 0 Å². The SMILES string of the molecule is Cc1ccccc1N(c1ccccc1)c1ccc2cc3c(cc2c1)C(C)(C)c1c-3c2ccccc2c2ccccc12. The third kappa shape index (κ3) is 3.49. The molecule has 0 amide bonds. The first-order chi connectivity index (χ1) is 20.0. The lowest BCUT2D eigenvalue weighted by Crippen LogP contribution is -2.15. The number of rotatable bonds is 3. The third-order valence-electron chi connectivity index (χ3n) is 9.09. The average molecular weight is 526 g/mol. The van der Waals surface area contributed by atoms with Crippen LogP contribution in [-0.2, 0) is 5.41 Å². The second-order valence-corrected chi connectivity index (χ2v) is 11.9. The van der Waals surface area contributed by atoms with Gasteiger partial charge in [-0.05, 0) is 110 Å². The Bertz CT molecular complexity index is 2140. The van der Waals surface area contributed by atoms with Gasteiger partial charge in [0, 0.05) is 22.5 Å². The Balaban J connectivity index is 1.38. The first-order valence-electron chi connectivity index (χ1n) is 14.5. The fourth-order valence-corrected chi connectivity index (χ4v) is 7.17. The van der Waals surface area contributed by atoms with Gasteiger partial charge in [-0.3, -0.25) is 0 Å². The number of benzene rings is 7. The molecule has 0 heterocycles. The largest absolute Gasteiger partial charge is 0.310 e. The predicted molar refractivity (Wildman–Crippen MR) is 176 cm³/mol. The number of hydrogen-bond donors (Lipinski definition) is 0. The normalized spacial score (nSPS) is 13.4. The molecule has 0 atom stereocenters. The molecule has 0 aromatic heterocycles. The second kappa shape index (κ2) is 8.81. The fourth-order valence-electron chi connectivity index (χ4n) is 7.17. The third-order valence-corrected chi connectivity index (χ3v) is 9.09. The number of anilines is 3. The number of fused-ring (bicyclic) bond motifs is 9. The van der Waals surface area contributed by atoms with E-state index >= 15 is 0 Å². The van der Waals surface area contributed by atoms with E-state index in [1.165, 1.54) is 71.5 Å². The molecule has 1 heteroatoms. The van der Waals surface area contributed by atoms with Crippen LogP contribution in [0.15, 0.2) is 133 Å². The first kappa shape index (κ1) is 24.0. The zero-order valence-corrected chi connectivity index (χ0v) is 23.6. The van der Waals surface area contributed by atoms with E-state index in [1.54, 1.807) is 0 Å². The van der Waals surface area contributed by atoms with Crippen molar-refractivity contribution in [2.24, 2.45) is 0 Å². The zero-order valence-electron chi connectivity index (χ0n) is 23.6. The van der Waals surface area contributed by atoms with Crippen LogP contribution in [0.2, 0.25) is 0 Å². The maximum atomic E-state index is 2.46. The molecular weight excluding hydrogens is 494 g/mol. The Morgan fingerprint density at radius 1 is 0.512 bits per heavy atom. The van der Waals surface area contributed by atoms with E-state index < -0.39 is 0 Å². The first-order valence-corrected chi connectivity index (χ1v) is 14.5. The summed E-state index contributed by atoms with van der Waals surface area (Å²) in [6, 6.07) is 49.0. The van der Waals surface area contributed by atoms with Crippen LogP contribution in [0.5, 0.6) is 0 Å². The molecule has 1 nitrogen and oxygen atoms in total. The van der Waals surface area contributed by atoms with Gasteiger partial charge in [-0.1, -0.05) is 105 Å². The lowest BCUT2D eigenvalue weighted by molar-refractivity contribution is 0.667. The fraction of sp³-hybridized carbons (Fsp3) is 0.100. The minimum atomic E-state index is -0.117. The van der Waals surface area contributed by atoms with Crippen molar-refractivity contribution in [1.29, 1.82) is 0 Å². The maximum Gasteiger partial charge on any atom is 0.0490 e. The monoisotopic (exact) mass is 525 g/mol. The summed E-state index contributed by atoms with van der Waals surface area (Å²) in [5.41, 5.74) is 10.3. The summed E-state index contributed by atoms with van der Waals surface area (Å²) < 4.78 is 0. The molecule has 0 saturated heterocycles. The van der Waals surface area contributed by atoms with Crippen LogP contribution in [0.25, 0.3) is 43.4 Å². The number of hydrogen-bond acceptors (Lipinski definition) is 1. The Labute approximate surface area is 241 Å². The minimum absolute atomic E-state index is 0.117. The highest BCUT2D eigenvalue weighted by molar-refractivity contribution is 6.19. The van der Waals surface area contributed by atoms with Gasteiger partial charge in [-0.15, -0.1) is 0 Å². The van der Waals surface area contributed by atoms with Gasteiger partial charge in [0.05, 0.1) is 0 Å². The smallest absolute Gasteiger partial charge is 0.0490 e. The van der Waals surface area contributed by atoms with Crippen molar-refractivity contribution in [1.82, 2.24) is 0 Å². The van der Waals surface area contributed by atoms with Gasteiger partial charge in [0.25, 0.3) is 0 Å². The molecule has 0 N–H and O–H groups in total. The van der Waals surface area contributed by atoms with E-state index in [2.05, 4.69) is 159 Å². The molecule has 0 unspecified atom stereocenters. The van der Waals surface area contributed by atoms with Crippen LogP contribution in [0.1, 0.15) is 30.5 Å². The van der Waals surface area contributed by atoms with Crippen LogP contribution in [0.3, 0.4) is 0 Å². The van der Waals surface area contributed by atoms with Gasteiger partial charge in [-0.2, -0.15) is 0 Å². The summed E-state index contributed by atoms with van der Waals surface area (Å²) in [7, 11) is 0. The molecule has 0 fully saturated rings. The van der Waals surface area contributed by atoms with Gasteiger partial charge < -0.3 is 4.90 Å². The van der Waals surface area contributed by atoms with Crippen molar-refractivity contribution in [2.45, 2.75) is 26.2 Å². The number of aryl methyl sites for hydroxylation is 1. The highest BCUT2D eigenvalue weighted by Gasteiger charge is 2.38. The topological polar surface area (TPSA) is 3.24 Å². The summed E-state index contributed by atoms with van der Waals surface area (Å²) in [6.45, 7) is 6.99. The zero-order chi connectivity index (χ0) is 27.7. The van der Waals surface area contributed by atoms with Gasteiger partial charge in [-0.25, -0.2) is 0 Å². The van der Waals surface area contributed by atoms with E-state index in [0.717, 1.165) is 5.69 Å². The number of nitrogens with zero attached hydrogens (tertiary/aromatic N) is 1. The second-order valence-electron chi connectivity index (χ2n) is 11.9. The highest BCUT2D eigenvalue weighted by atomic mass is 15.1. The summed E-state index contributed by atoms with van der Waals surface area (Å²) >= 11 is 0. The summed E-state index contributed by atoms with van der Waals surface area (Å²) in [6.07, 6.45) is 0. The van der Waals surface area contributed by atoms with Crippen LogP contribution >= 0.6 is 0 Å². The summed E-state index contributed by atoms with van der Waals surface area (Å²) in [4.78, 5) is 2.38. The lowest BCUT2D eigenvalue weighted by Gasteiger charge is -2.27. The van der Waals surface area contributed by atoms with Crippen LogP contribution in [0.4, 0.5) is 17.1 Å². The lowest BCUT2D eigenvalue weighted by atomic mass is 9.79. The minimum Gasteiger partial charge on any atom is -0.310 e. The van der Waals surface area contributed by atoms with E-state index in [1.807, 2.05) is 0 Å². The molecule has 196 valence electrons. The molecule has 7 aromatic rings.